The summed E-state index contributed by atoms with van der Waals surface area (Å²) in [4.78, 5) is 0.291. The van der Waals surface area contributed by atoms with Gasteiger partial charge < -0.3 is 4.74 Å². The molecule has 2 aromatic rings. The van der Waals surface area contributed by atoms with Crippen molar-refractivity contribution in [1.82, 2.24) is 4.72 Å². The molecule has 0 radical (unpaired) electrons. The summed E-state index contributed by atoms with van der Waals surface area (Å²) in [6.45, 7) is 6.34. The van der Waals surface area contributed by atoms with Crippen LogP contribution in [0, 0.1) is 0 Å². The lowest BCUT2D eigenvalue weighted by Gasteiger charge is -2.12. The zero-order valence-electron chi connectivity index (χ0n) is 12.6. The highest BCUT2D eigenvalue weighted by molar-refractivity contribution is 7.89. The second-order valence-electron chi connectivity index (χ2n) is 5.03. The van der Waals surface area contributed by atoms with E-state index in [-0.39, 0.29) is 6.04 Å². The van der Waals surface area contributed by atoms with Gasteiger partial charge in [-0.25, -0.2) is 13.1 Å². The van der Waals surface area contributed by atoms with Crippen LogP contribution in [0.15, 0.2) is 41.3 Å². The summed E-state index contributed by atoms with van der Waals surface area (Å²) in [6, 6.07) is 10.7. The molecule has 0 amide bonds. The molecule has 0 bridgehead atoms. The van der Waals surface area contributed by atoms with Gasteiger partial charge >= 0.3 is 0 Å². The molecule has 0 saturated heterocycles. The second-order valence-corrected chi connectivity index (χ2v) is 6.75. The van der Waals surface area contributed by atoms with Crippen LogP contribution in [0.25, 0.3) is 10.8 Å². The van der Waals surface area contributed by atoms with E-state index in [1.165, 1.54) is 0 Å². The molecule has 2 aromatic carbocycles. The third-order valence-corrected chi connectivity index (χ3v) is 4.96. The fourth-order valence-electron chi connectivity index (χ4n) is 2.04. The van der Waals surface area contributed by atoms with E-state index in [4.69, 9.17) is 4.74 Å². The van der Waals surface area contributed by atoms with E-state index in [0.29, 0.717) is 11.5 Å². The number of hydrogen-bond acceptors (Lipinski definition) is 3. The molecule has 0 saturated carbocycles. The van der Waals surface area contributed by atoms with Crippen molar-refractivity contribution in [2.75, 3.05) is 6.61 Å². The van der Waals surface area contributed by atoms with Crippen molar-refractivity contribution >= 4 is 20.8 Å². The van der Waals surface area contributed by atoms with Gasteiger partial charge in [0.1, 0.15) is 5.75 Å². The Kier molecular flexibility index (Phi) is 4.85. The van der Waals surface area contributed by atoms with Gasteiger partial charge in [-0.3, -0.25) is 0 Å². The molecule has 0 aliphatic rings. The van der Waals surface area contributed by atoms with E-state index in [9.17, 15) is 8.42 Å². The molecule has 1 N–H and O–H groups in total. The molecule has 4 nitrogen and oxygen atoms in total. The predicted octanol–water partition coefficient (Wildman–Crippen LogP) is 3.32. The SMILES string of the molecule is CCOc1ccc2cc(S(=O)(=O)NC(C)CC)ccc2c1. The van der Waals surface area contributed by atoms with Crippen molar-refractivity contribution < 1.29 is 13.2 Å². The summed E-state index contributed by atoms with van der Waals surface area (Å²) in [6.07, 6.45) is 0.754. The third-order valence-electron chi connectivity index (χ3n) is 3.37. The smallest absolute Gasteiger partial charge is 0.240 e. The molecule has 0 spiro atoms. The first-order valence-electron chi connectivity index (χ1n) is 7.15. The predicted molar refractivity (Wildman–Crippen MR) is 85.2 cm³/mol. The van der Waals surface area contributed by atoms with E-state index in [0.717, 1.165) is 22.9 Å². The number of sulfonamides is 1. The summed E-state index contributed by atoms with van der Waals surface area (Å²) >= 11 is 0. The number of hydrogen-bond donors (Lipinski definition) is 1. The molecule has 5 heteroatoms. The summed E-state index contributed by atoms with van der Waals surface area (Å²) in [5.74, 6) is 0.790. The quantitative estimate of drug-likeness (QED) is 0.890. The number of benzene rings is 2. The highest BCUT2D eigenvalue weighted by Gasteiger charge is 2.16. The van der Waals surface area contributed by atoms with Crippen LogP contribution in [0.2, 0.25) is 0 Å². The van der Waals surface area contributed by atoms with Crippen molar-refractivity contribution in [1.29, 1.82) is 0 Å². The monoisotopic (exact) mass is 307 g/mol. The Hall–Kier alpha value is -1.59. The van der Waals surface area contributed by atoms with Gasteiger partial charge in [0.05, 0.1) is 11.5 Å². The zero-order chi connectivity index (χ0) is 15.5. The van der Waals surface area contributed by atoms with E-state index in [1.54, 1.807) is 12.1 Å². The molecule has 1 atom stereocenters. The van der Waals surface area contributed by atoms with Crippen LogP contribution >= 0.6 is 0 Å². The number of nitrogens with one attached hydrogen (secondary N) is 1. The molecule has 0 fully saturated rings. The Balaban J connectivity index is 2.37. The highest BCUT2D eigenvalue weighted by atomic mass is 32.2. The normalized spacial score (nSPS) is 13.3. The van der Waals surface area contributed by atoms with E-state index >= 15 is 0 Å². The molecule has 0 aromatic heterocycles. The molecule has 114 valence electrons. The molecule has 0 aliphatic carbocycles. The molecule has 2 rings (SSSR count). The van der Waals surface area contributed by atoms with Crippen LogP contribution in [0.1, 0.15) is 27.2 Å². The number of fused-ring (bicyclic) bond motifs is 1. The maximum absolute atomic E-state index is 12.3. The standard InChI is InChI=1S/C16H21NO3S/c1-4-12(3)17-21(18,19)16-9-7-13-10-15(20-5-2)8-6-14(13)11-16/h6-12,17H,4-5H2,1-3H3. The van der Waals surface area contributed by atoms with E-state index < -0.39 is 10.0 Å². The molecule has 0 heterocycles. The maximum atomic E-state index is 12.3. The van der Waals surface area contributed by atoms with Crippen LogP contribution in [0.4, 0.5) is 0 Å². The lowest BCUT2D eigenvalue weighted by atomic mass is 10.1. The van der Waals surface area contributed by atoms with Crippen molar-refractivity contribution in [3.8, 4) is 5.75 Å². The fourth-order valence-corrected chi connectivity index (χ4v) is 3.40. The first-order chi connectivity index (χ1) is 9.96. The van der Waals surface area contributed by atoms with Crippen molar-refractivity contribution in [2.24, 2.45) is 0 Å². The zero-order valence-corrected chi connectivity index (χ0v) is 13.4. The number of ether oxygens (including phenoxy) is 1. The maximum Gasteiger partial charge on any atom is 0.240 e. The Morgan fingerprint density at radius 2 is 1.76 bits per heavy atom. The van der Waals surface area contributed by atoms with Crippen molar-refractivity contribution in [2.45, 2.75) is 38.1 Å². The molecular formula is C16H21NO3S. The van der Waals surface area contributed by atoms with Gasteiger partial charge in [0.2, 0.25) is 10.0 Å². The van der Waals surface area contributed by atoms with Crippen molar-refractivity contribution in [3.63, 3.8) is 0 Å². The Labute approximate surface area is 126 Å². The lowest BCUT2D eigenvalue weighted by Crippen LogP contribution is -2.31. The average Bonchev–Trinajstić information content (AvgIpc) is 2.46. The summed E-state index contributed by atoms with van der Waals surface area (Å²) in [5, 5.41) is 1.84. The first kappa shape index (κ1) is 15.8. The van der Waals surface area contributed by atoms with E-state index in [1.807, 2.05) is 45.0 Å². The number of rotatable bonds is 6. The summed E-state index contributed by atoms with van der Waals surface area (Å²) < 4.78 is 32.7. The van der Waals surface area contributed by atoms with Gasteiger partial charge in [-0.2, -0.15) is 0 Å². The topological polar surface area (TPSA) is 55.4 Å². The van der Waals surface area contributed by atoms with Crippen LogP contribution < -0.4 is 9.46 Å². The van der Waals surface area contributed by atoms with Gasteiger partial charge in [0.15, 0.2) is 0 Å². The Morgan fingerprint density at radius 1 is 1.10 bits per heavy atom. The fraction of sp³-hybridized carbons (Fsp3) is 0.375. The lowest BCUT2D eigenvalue weighted by molar-refractivity contribution is 0.341. The van der Waals surface area contributed by atoms with Crippen LogP contribution in [-0.4, -0.2) is 21.1 Å². The largest absolute Gasteiger partial charge is 0.494 e. The minimum atomic E-state index is -3.46. The van der Waals surface area contributed by atoms with Crippen LogP contribution in [0.3, 0.4) is 0 Å². The Morgan fingerprint density at radius 3 is 2.43 bits per heavy atom. The van der Waals surface area contributed by atoms with Crippen LogP contribution in [-0.2, 0) is 10.0 Å². The van der Waals surface area contributed by atoms with Crippen LogP contribution in [0.5, 0.6) is 5.75 Å². The van der Waals surface area contributed by atoms with Gasteiger partial charge in [-0.05, 0) is 55.3 Å². The molecule has 0 aliphatic heterocycles. The highest BCUT2D eigenvalue weighted by Crippen LogP contribution is 2.24. The third kappa shape index (κ3) is 3.74. The van der Waals surface area contributed by atoms with Gasteiger partial charge in [0.25, 0.3) is 0 Å². The first-order valence-corrected chi connectivity index (χ1v) is 8.63. The summed E-state index contributed by atoms with van der Waals surface area (Å²) in [5.41, 5.74) is 0. The van der Waals surface area contributed by atoms with Gasteiger partial charge in [0, 0.05) is 6.04 Å². The van der Waals surface area contributed by atoms with Gasteiger partial charge in [-0.15, -0.1) is 0 Å². The minimum Gasteiger partial charge on any atom is -0.494 e. The van der Waals surface area contributed by atoms with Crippen molar-refractivity contribution in [3.05, 3.63) is 36.4 Å². The summed E-state index contributed by atoms with van der Waals surface area (Å²) in [7, 11) is -3.46. The molecule has 21 heavy (non-hydrogen) atoms. The minimum absolute atomic E-state index is 0.0778. The van der Waals surface area contributed by atoms with E-state index in [2.05, 4.69) is 4.72 Å². The average molecular weight is 307 g/mol. The second kappa shape index (κ2) is 6.45. The molecule has 1 unspecified atom stereocenters. The van der Waals surface area contributed by atoms with Gasteiger partial charge in [-0.1, -0.05) is 19.1 Å². The molecular weight excluding hydrogens is 286 g/mol. The Bertz CT molecular complexity index is 725.